The van der Waals surface area contributed by atoms with Gasteiger partial charge in [0.1, 0.15) is 6.04 Å². The molecule has 2 rings (SSSR count). The first-order chi connectivity index (χ1) is 8.72. The molecule has 2 aliphatic rings. The summed E-state index contributed by atoms with van der Waals surface area (Å²) in [5.41, 5.74) is 0. The summed E-state index contributed by atoms with van der Waals surface area (Å²) >= 11 is 0. The van der Waals surface area contributed by atoms with Crippen molar-refractivity contribution in [1.82, 2.24) is 15.5 Å². The third-order valence-electron chi connectivity index (χ3n) is 3.83. The highest BCUT2D eigenvalue weighted by molar-refractivity contribution is 5.88. The highest BCUT2D eigenvalue weighted by Crippen LogP contribution is 2.18. The summed E-state index contributed by atoms with van der Waals surface area (Å²) in [6.45, 7) is 4.40. The van der Waals surface area contributed by atoms with Crippen molar-refractivity contribution in [3.8, 4) is 0 Å². The van der Waals surface area contributed by atoms with Crippen LogP contribution in [-0.2, 0) is 9.59 Å². The highest BCUT2D eigenvalue weighted by atomic mass is 16.2. The molecular weight excluding hydrogens is 230 g/mol. The third-order valence-corrected chi connectivity index (χ3v) is 3.83. The van der Waals surface area contributed by atoms with E-state index in [1.807, 2.05) is 6.92 Å². The monoisotopic (exact) mass is 253 g/mol. The van der Waals surface area contributed by atoms with Crippen LogP contribution in [0, 0.1) is 0 Å². The van der Waals surface area contributed by atoms with Crippen LogP contribution in [-0.4, -0.2) is 48.4 Å². The lowest BCUT2D eigenvalue weighted by Crippen LogP contribution is -2.53. The Hall–Kier alpha value is -1.10. The topological polar surface area (TPSA) is 61.4 Å². The van der Waals surface area contributed by atoms with Crippen molar-refractivity contribution in [2.45, 2.75) is 51.1 Å². The Bertz CT molecular complexity index is 313. The molecule has 5 heteroatoms. The zero-order valence-electron chi connectivity index (χ0n) is 11.1. The van der Waals surface area contributed by atoms with E-state index in [1.54, 1.807) is 4.90 Å². The molecule has 2 unspecified atom stereocenters. The molecule has 5 nitrogen and oxygen atoms in total. The number of rotatable bonds is 3. The molecular formula is C13H23N3O2. The molecule has 0 saturated carbocycles. The van der Waals surface area contributed by atoms with Gasteiger partial charge in [-0.2, -0.15) is 0 Å². The van der Waals surface area contributed by atoms with Gasteiger partial charge >= 0.3 is 0 Å². The molecule has 0 spiro atoms. The zero-order valence-corrected chi connectivity index (χ0v) is 11.1. The summed E-state index contributed by atoms with van der Waals surface area (Å²) in [5, 5.41) is 6.29. The molecule has 2 heterocycles. The van der Waals surface area contributed by atoms with Crippen LogP contribution in [0.1, 0.15) is 39.0 Å². The van der Waals surface area contributed by atoms with E-state index in [2.05, 4.69) is 10.6 Å². The fourth-order valence-corrected chi connectivity index (χ4v) is 2.78. The molecule has 102 valence electrons. The summed E-state index contributed by atoms with van der Waals surface area (Å²) in [5.74, 6) is 0.129. The van der Waals surface area contributed by atoms with E-state index < -0.39 is 0 Å². The Morgan fingerprint density at radius 3 is 2.83 bits per heavy atom. The minimum Gasteiger partial charge on any atom is -0.350 e. The first-order valence-electron chi connectivity index (χ1n) is 7.03. The summed E-state index contributed by atoms with van der Waals surface area (Å²) in [6.07, 6.45) is 4.32. The summed E-state index contributed by atoms with van der Waals surface area (Å²) in [7, 11) is 0. The quantitative estimate of drug-likeness (QED) is 0.758. The number of likely N-dealkylation sites (tertiary alicyclic amines) is 1. The second-order valence-corrected chi connectivity index (χ2v) is 5.15. The fraction of sp³-hybridized carbons (Fsp3) is 0.846. The Morgan fingerprint density at radius 2 is 2.17 bits per heavy atom. The molecule has 2 fully saturated rings. The van der Waals surface area contributed by atoms with Gasteiger partial charge in [-0.05, 0) is 32.2 Å². The van der Waals surface area contributed by atoms with Gasteiger partial charge in [-0.3, -0.25) is 9.59 Å². The number of piperidine rings is 1. The molecule has 0 aromatic heterocycles. The van der Waals surface area contributed by atoms with Gasteiger partial charge in [0, 0.05) is 25.6 Å². The minimum absolute atomic E-state index is 0.0326. The number of nitrogens with one attached hydrogen (secondary N) is 2. The van der Waals surface area contributed by atoms with E-state index in [9.17, 15) is 9.59 Å². The lowest BCUT2D eigenvalue weighted by Gasteiger charge is -2.35. The van der Waals surface area contributed by atoms with Gasteiger partial charge in [-0.25, -0.2) is 0 Å². The molecule has 2 atom stereocenters. The van der Waals surface area contributed by atoms with Crippen molar-refractivity contribution in [1.29, 1.82) is 0 Å². The zero-order chi connectivity index (χ0) is 13.0. The Labute approximate surface area is 108 Å². The largest absolute Gasteiger partial charge is 0.350 e. The van der Waals surface area contributed by atoms with Crippen molar-refractivity contribution >= 4 is 11.8 Å². The lowest BCUT2D eigenvalue weighted by atomic mass is 10.0. The molecule has 0 aromatic carbocycles. The van der Waals surface area contributed by atoms with Crippen molar-refractivity contribution in [2.24, 2.45) is 0 Å². The minimum atomic E-state index is -0.244. The number of nitrogens with zero attached hydrogens (tertiary/aromatic N) is 1. The van der Waals surface area contributed by atoms with Gasteiger partial charge in [0.25, 0.3) is 0 Å². The first kappa shape index (κ1) is 13.3. The van der Waals surface area contributed by atoms with Gasteiger partial charge in [-0.15, -0.1) is 0 Å². The van der Waals surface area contributed by atoms with E-state index in [-0.39, 0.29) is 23.9 Å². The fourth-order valence-electron chi connectivity index (χ4n) is 2.78. The summed E-state index contributed by atoms with van der Waals surface area (Å²) in [4.78, 5) is 25.9. The predicted octanol–water partition coefficient (Wildman–Crippen LogP) is 0.256. The van der Waals surface area contributed by atoms with Gasteiger partial charge in [0.2, 0.25) is 11.8 Å². The summed E-state index contributed by atoms with van der Waals surface area (Å²) in [6, 6.07) is -0.00944. The van der Waals surface area contributed by atoms with Crippen LogP contribution >= 0.6 is 0 Å². The average Bonchev–Trinajstić information content (AvgIpc) is 2.90. The average molecular weight is 253 g/mol. The molecule has 2 aliphatic heterocycles. The molecule has 2 saturated heterocycles. The lowest BCUT2D eigenvalue weighted by molar-refractivity contribution is -0.142. The van der Waals surface area contributed by atoms with Crippen molar-refractivity contribution in [2.75, 3.05) is 19.6 Å². The van der Waals surface area contributed by atoms with E-state index in [1.165, 1.54) is 0 Å². The number of carbonyl (C=O) groups excluding carboxylic acids is 2. The SMILES string of the molecule is CCC(=O)N1CCCCC1C(=O)NC1CCNC1. The molecule has 2 N–H and O–H groups in total. The van der Waals surface area contributed by atoms with E-state index in [0.29, 0.717) is 6.42 Å². The Kier molecular flexibility index (Phi) is 4.58. The second-order valence-electron chi connectivity index (χ2n) is 5.15. The van der Waals surface area contributed by atoms with Crippen LogP contribution in [0.4, 0.5) is 0 Å². The predicted molar refractivity (Wildman–Crippen MR) is 69.1 cm³/mol. The van der Waals surface area contributed by atoms with Crippen LogP contribution < -0.4 is 10.6 Å². The second kappa shape index (κ2) is 6.18. The number of carbonyl (C=O) groups is 2. The highest BCUT2D eigenvalue weighted by Gasteiger charge is 2.32. The van der Waals surface area contributed by atoms with Gasteiger partial charge < -0.3 is 15.5 Å². The number of amides is 2. The van der Waals surface area contributed by atoms with Crippen LogP contribution in [0.15, 0.2) is 0 Å². The third kappa shape index (κ3) is 3.02. The summed E-state index contributed by atoms with van der Waals surface area (Å²) < 4.78 is 0. The van der Waals surface area contributed by atoms with Crippen molar-refractivity contribution in [3.63, 3.8) is 0 Å². The smallest absolute Gasteiger partial charge is 0.243 e. The van der Waals surface area contributed by atoms with Crippen LogP contribution in [0.2, 0.25) is 0 Å². The Morgan fingerprint density at radius 1 is 1.33 bits per heavy atom. The number of hydrogen-bond donors (Lipinski definition) is 2. The molecule has 0 aromatic rings. The maximum absolute atomic E-state index is 12.3. The first-order valence-corrected chi connectivity index (χ1v) is 7.03. The van der Waals surface area contributed by atoms with Crippen molar-refractivity contribution < 1.29 is 9.59 Å². The molecule has 18 heavy (non-hydrogen) atoms. The Balaban J connectivity index is 1.94. The van der Waals surface area contributed by atoms with E-state index in [0.717, 1.165) is 45.3 Å². The standard InChI is InChI=1S/C13H23N3O2/c1-2-12(17)16-8-4-3-5-11(16)13(18)15-10-6-7-14-9-10/h10-11,14H,2-9H2,1H3,(H,15,18). The van der Waals surface area contributed by atoms with Gasteiger partial charge in [0.15, 0.2) is 0 Å². The van der Waals surface area contributed by atoms with Crippen molar-refractivity contribution in [3.05, 3.63) is 0 Å². The van der Waals surface area contributed by atoms with Crippen LogP contribution in [0.5, 0.6) is 0 Å². The maximum Gasteiger partial charge on any atom is 0.243 e. The maximum atomic E-state index is 12.3. The molecule has 2 amide bonds. The molecule has 0 aliphatic carbocycles. The van der Waals surface area contributed by atoms with Crippen LogP contribution in [0.3, 0.4) is 0 Å². The van der Waals surface area contributed by atoms with E-state index >= 15 is 0 Å². The van der Waals surface area contributed by atoms with E-state index in [4.69, 9.17) is 0 Å². The molecule has 0 bridgehead atoms. The molecule has 0 radical (unpaired) electrons. The van der Waals surface area contributed by atoms with Gasteiger partial charge in [-0.1, -0.05) is 6.92 Å². The number of hydrogen-bond acceptors (Lipinski definition) is 3. The normalized spacial score (nSPS) is 28.2. The van der Waals surface area contributed by atoms with Crippen LogP contribution in [0.25, 0.3) is 0 Å². The van der Waals surface area contributed by atoms with Gasteiger partial charge in [0.05, 0.1) is 0 Å².